The van der Waals surface area contributed by atoms with E-state index in [1.807, 2.05) is 24.4 Å². The van der Waals surface area contributed by atoms with Gasteiger partial charge in [-0.25, -0.2) is 0 Å². The van der Waals surface area contributed by atoms with Crippen molar-refractivity contribution in [2.24, 2.45) is 0 Å². The summed E-state index contributed by atoms with van der Waals surface area (Å²) < 4.78 is 5.21. The van der Waals surface area contributed by atoms with E-state index in [0.29, 0.717) is 0 Å². The smallest absolute Gasteiger partial charge is 0.142 e. The topological polar surface area (TPSA) is 45.2 Å². The largest absolute Gasteiger partial charge is 0.495 e. The Kier molecular flexibility index (Phi) is 2.17. The first kappa shape index (κ1) is 9.09. The first-order chi connectivity index (χ1) is 6.74. The fraction of sp³-hybridized carbons (Fsp3) is 0.273. The van der Waals surface area contributed by atoms with E-state index in [1.165, 1.54) is 0 Å². The average molecular weight is 191 g/mol. The van der Waals surface area contributed by atoms with E-state index in [-0.39, 0.29) is 0 Å². The fourth-order valence-electron chi connectivity index (χ4n) is 1.66. The van der Waals surface area contributed by atoms with Crippen LogP contribution in [0, 0.1) is 0 Å². The van der Waals surface area contributed by atoms with E-state index < -0.39 is 6.10 Å². The number of aromatic nitrogens is 1. The van der Waals surface area contributed by atoms with Crippen LogP contribution in [0.5, 0.6) is 5.75 Å². The predicted octanol–water partition coefficient (Wildman–Crippen LogP) is 2.23. The molecule has 0 saturated heterocycles. The fourth-order valence-corrected chi connectivity index (χ4v) is 1.66. The lowest BCUT2D eigenvalue weighted by atomic mass is 10.1. The molecule has 0 fully saturated rings. The van der Waals surface area contributed by atoms with Crippen LogP contribution in [0.15, 0.2) is 24.4 Å². The van der Waals surface area contributed by atoms with Crippen LogP contribution in [0.25, 0.3) is 10.9 Å². The summed E-state index contributed by atoms with van der Waals surface area (Å²) in [4.78, 5) is 3.10. The van der Waals surface area contributed by atoms with Crippen molar-refractivity contribution in [1.29, 1.82) is 0 Å². The highest BCUT2D eigenvalue weighted by Gasteiger charge is 2.10. The van der Waals surface area contributed by atoms with Gasteiger partial charge in [0.25, 0.3) is 0 Å². The third-order valence-corrected chi connectivity index (χ3v) is 2.38. The minimum atomic E-state index is -0.462. The number of hydrogen-bond donors (Lipinski definition) is 2. The van der Waals surface area contributed by atoms with E-state index in [2.05, 4.69) is 4.98 Å². The van der Waals surface area contributed by atoms with E-state index in [1.54, 1.807) is 14.0 Å². The van der Waals surface area contributed by atoms with Gasteiger partial charge in [0.05, 0.1) is 18.7 Å². The molecule has 0 amide bonds. The number of aliphatic hydroxyl groups is 1. The summed E-state index contributed by atoms with van der Waals surface area (Å²) in [5.41, 5.74) is 1.84. The zero-order valence-electron chi connectivity index (χ0n) is 8.24. The molecule has 2 rings (SSSR count). The van der Waals surface area contributed by atoms with Gasteiger partial charge in [-0.15, -0.1) is 0 Å². The van der Waals surface area contributed by atoms with Crippen LogP contribution in [0.3, 0.4) is 0 Å². The molecule has 1 heterocycles. The summed E-state index contributed by atoms with van der Waals surface area (Å²) in [5.74, 6) is 0.800. The first-order valence-corrected chi connectivity index (χ1v) is 4.56. The molecule has 0 aliphatic rings. The maximum absolute atomic E-state index is 9.51. The van der Waals surface area contributed by atoms with Gasteiger partial charge in [0.2, 0.25) is 0 Å². The number of fused-ring (bicyclic) bond motifs is 1. The van der Waals surface area contributed by atoms with Crippen molar-refractivity contribution in [3.63, 3.8) is 0 Å². The highest BCUT2D eigenvalue weighted by atomic mass is 16.5. The Balaban J connectivity index is 2.69. The zero-order valence-corrected chi connectivity index (χ0v) is 8.24. The van der Waals surface area contributed by atoms with Crippen LogP contribution in [-0.4, -0.2) is 17.2 Å². The van der Waals surface area contributed by atoms with Gasteiger partial charge >= 0.3 is 0 Å². The molecule has 0 bridgehead atoms. The molecule has 2 aromatic rings. The average Bonchev–Trinajstić information content (AvgIpc) is 2.60. The zero-order chi connectivity index (χ0) is 10.1. The lowest BCUT2D eigenvalue weighted by Crippen LogP contribution is -1.88. The van der Waals surface area contributed by atoms with E-state index in [4.69, 9.17) is 4.74 Å². The van der Waals surface area contributed by atoms with Crippen LogP contribution in [0.2, 0.25) is 0 Å². The molecule has 0 aliphatic carbocycles. The van der Waals surface area contributed by atoms with E-state index in [0.717, 1.165) is 22.2 Å². The predicted molar refractivity (Wildman–Crippen MR) is 55.5 cm³/mol. The Bertz CT molecular complexity index is 445. The second-order valence-electron chi connectivity index (χ2n) is 3.30. The van der Waals surface area contributed by atoms with Crippen molar-refractivity contribution in [2.45, 2.75) is 13.0 Å². The first-order valence-electron chi connectivity index (χ1n) is 4.56. The Morgan fingerprint density at radius 1 is 1.43 bits per heavy atom. The van der Waals surface area contributed by atoms with Gasteiger partial charge in [0.1, 0.15) is 5.75 Å². The highest BCUT2D eigenvalue weighted by molar-refractivity contribution is 5.88. The van der Waals surface area contributed by atoms with Gasteiger partial charge in [-0.1, -0.05) is 12.1 Å². The normalized spacial score (nSPS) is 13.1. The highest BCUT2D eigenvalue weighted by Crippen LogP contribution is 2.29. The summed E-state index contributed by atoms with van der Waals surface area (Å²) in [5, 5.41) is 10.5. The molecule has 2 N–H and O–H groups in total. The van der Waals surface area contributed by atoms with Gasteiger partial charge in [-0.3, -0.25) is 0 Å². The number of aromatic amines is 1. The maximum atomic E-state index is 9.51. The molecule has 3 nitrogen and oxygen atoms in total. The second kappa shape index (κ2) is 3.35. The monoisotopic (exact) mass is 191 g/mol. The minimum absolute atomic E-state index is 0.462. The molecule has 1 atom stereocenters. The Labute approximate surface area is 82.3 Å². The number of ether oxygens (including phenoxy) is 1. The van der Waals surface area contributed by atoms with Gasteiger partial charge < -0.3 is 14.8 Å². The number of nitrogens with one attached hydrogen (secondary N) is 1. The molecular formula is C11H13NO2. The van der Waals surface area contributed by atoms with Crippen molar-refractivity contribution in [1.82, 2.24) is 4.98 Å². The SMILES string of the molecule is COc1cccc2c(C(C)O)c[nH]c12. The summed E-state index contributed by atoms with van der Waals surface area (Å²) >= 11 is 0. The van der Waals surface area contributed by atoms with Gasteiger partial charge in [0.15, 0.2) is 0 Å². The number of benzene rings is 1. The molecule has 0 radical (unpaired) electrons. The molecule has 0 spiro atoms. The van der Waals surface area contributed by atoms with Gasteiger partial charge in [0, 0.05) is 17.1 Å². The molecule has 1 aromatic heterocycles. The van der Waals surface area contributed by atoms with Crippen LogP contribution in [0.4, 0.5) is 0 Å². The molecule has 0 saturated carbocycles. The lowest BCUT2D eigenvalue weighted by Gasteiger charge is -2.03. The number of methoxy groups -OCH3 is 1. The number of rotatable bonds is 2. The van der Waals surface area contributed by atoms with Crippen LogP contribution in [-0.2, 0) is 0 Å². The summed E-state index contributed by atoms with van der Waals surface area (Å²) in [7, 11) is 1.64. The molecule has 14 heavy (non-hydrogen) atoms. The number of aliphatic hydroxyl groups excluding tert-OH is 1. The number of hydrogen-bond acceptors (Lipinski definition) is 2. The summed E-state index contributed by atoms with van der Waals surface area (Å²) in [6.45, 7) is 1.75. The van der Waals surface area contributed by atoms with Crippen LogP contribution >= 0.6 is 0 Å². The van der Waals surface area contributed by atoms with Gasteiger partial charge in [-0.2, -0.15) is 0 Å². The summed E-state index contributed by atoms with van der Waals surface area (Å²) in [6.07, 6.45) is 1.36. The number of H-pyrrole nitrogens is 1. The third-order valence-electron chi connectivity index (χ3n) is 2.38. The van der Waals surface area contributed by atoms with Crippen molar-refractivity contribution >= 4 is 10.9 Å². The Morgan fingerprint density at radius 2 is 2.21 bits per heavy atom. The van der Waals surface area contributed by atoms with Crippen molar-refractivity contribution < 1.29 is 9.84 Å². The molecule has 1 aromatic carbocycles. The van der Waals surface area contributed by atoms with Crippen molar-refractivity contribution in [2.75, 3.05) is 7.11 Å². The molecule has 0 aliphatic heterocycles. The molecule has 3 heteroatoms. The molecular weight excluding hydrogens is 178 g/mol. The maximum Gasteiger partial charge on any atom is 0.142 e. The molecule has 74 valence electrons. The van der Waals surface area contributed by atoms with Crippen molar-refractivity contribution in [3.05, 3.63) is 30.0 Å². The third kappa shape index (κ3) is 1.26. The lowest BCUT2D eigenvalue weighted by molar-refractivity contribution is 0.201. The van der Waals surface area contributed by atoms with E-state index >= 15 is 0 Å². The second-order valence-corrected chi connectivity index (χ2v) is 3.30. The van der Waals surface area contributed by atoms with E-state index in [9.17, 15) is 5.11 Å². The van der Waals surface area contributed by atoms with Crippen LogP contribution < -0.4 is 4.74 Å². The van der Waals surface area contributed by atoms with Gasteiger partial charge in [-0.05, 0) is 13.0 Å². The minimum Gasteiger partial charge on any atom is -0.495 e. The molecule has 1 unspecified atom stereocenters. The quantitative estimate of drug-likeness (QED) is 0.764. The summed E-state index contributed by atoms with van der Waals surface area (Å²) in [6, 6.07) is 5.78. The Morgan fingerprint density at radius 3 is 2.86 bits per heavy atom. The van der Waals surface area contributed by atoms with Crippen LogP contribution in [0.1, 0.15) is 18.6 Å². The Hall–Kier alpha value is -1.48. The number of para-hydroxylation sites is 1. The standard InChI is InChI=1S/C11H13NO2/c1-7(13)9-6-12-11-8(9)4-3-5-10(11)14-2/h3-7,12-13H,1-2H3. The van der Waals surface area contributed by atoms with Crippen molar-refractivity contribution in [3.8, 4) is 5.75 Å².